The van der Waals surface area contributed by atoms with Crippen LogP contribution in [0.2, 0.25) is 0 Å². The van der Waals surface area contributed by atoms with Gasteiger partial charge in [-0.3, -0.25) is 0 Å². The second-order valence-corrected chi connectivity index (χ2v) is 5.11. The van der Waals surface area contributed by atoms with E-state index < -0.39 is 12.2 Å². The van der Waals surface area contributed by atoms with Gasteiger partial charge in [0.15, 0.2) is 0 Å². The van der Waals surface area contributed by atoms with E-state index in [1.165, 1.54) is 0 Å². The van der Waals surface area contributed by atoms with Crippen LogP contribution in [0.25, 0.3) is 0 Å². The van der Waals surface area contributed by atoms with E-state index >= 15 is 0 Å². The van der Waals surface area contributed by atoms with E-state index in [0.29, 0.717) is 25.2 Å². The summed E-state index contributed by atoms with van der Waals surface area (Å²) in [7, 11) is 0. The van der Waals surface area contributed by atoms with Crippen LogP contribution in [0.15, 0.2) is 42.5 Å². The zero-order valence-electron chi connectivity index (χ0n) is 11.7. The predicted molar refractivity (Wildman–Crippen MR) is 76.7 cm³/mol. The van der Waals surface area contributed by atoms with Crippen molar-refractivity contribution < 1.29 is 14.9 Å². The van der Waals surface area contributed by atoms with E-state index in [1.54, 1.807) is 0 Å². The molecule has 0 radical (unpaired) electrons. The second-order valence-electron chi connectivity index (χ2n) is 5.11. The lowest BCUT2D eigenvalue weighted by atomic mass is 9.95. The molecule has 19 heavy (non-hydrogen) atoms. The van der Waals surface area contributed by atoms with Gasteiger partial charge in [0.25, 0.3) is 0 Å². The predicted octanol–water partition coefficient (Wildman–Crippen LogP) is 2.53. The Balaban J connectivity index is 2.24. The molecule has 0 aliphatic heterocycles. The van der Waals surface area contributed by atoms with Gasteiger partial charge in [-0.1, -0.05) is 50.8 Å². The van der Waals surface area contributed by atoms with Crippen molar-refractivity contribution in [2.75, 3.05) is 6.61 Å². The van der Waals surface area contributed by atoms with Crippen molar-refractivity contribution in [1.82, 2.24) is 0 Å². The summed E-state index contributed by atoms with van der Waals surface area (Å²) in [4.78, 5) is 0. The maximum absolute atomic E-state index is 9.89. The number of hydrogen-bond acceptors (Lipinski definition) is 3. The van der Waals surface area contributed by atoms with Crippen LogP contribution in [-0.2, 0) is 11.3 Å². The van der Waals surface area contributed by atoms with Crippen LogP contribution in [0, 0.1) is 5.92 Å². The maximum Gasteiger partial charge on any atom is 0.0795 e. The Hall–Kier alpha value is -1.16. The third-order valence-electron chi connectivity index (χ3n) is 3.09. The van der Waals surface area contributed by atoms with Crippen LogP contribution >= 0.6 is 0 Å². The lowest BCUT2D eigenvalue weighted by Gasteiger charge is -2.21. The Morgan fingerprint density at radius 1 is 1.21 bits per heavy atom. The van der Waals surface area contributed by atoms with E-state index in [4.69, 9.17) is 4.74 Å². The van der Waals surface area contributed by atoms with Crippen molar-refractivity contribution in [1.29, 1.82) is 0 Å². The first-order valence-electron chi connectivity index (χ1n) is 6.69. The van der Waals surface area contributed by atoms with Gasteiger partial charge in [0.1, 0.15) is 0 Å². The molecule has 2 N–H and O–H groups in total. The smallest absolute Gasteiger partial charge is 0.0795 e. The summed E-state index contributed by atoms with van der Waals surface area (Å²) in [6.45, 7) is 8.53. The van der Waals surface area contributed by atoms with Gasteiger partial charge in [-0.2, -0.15) is 0 Å². The fourth-order valence-electron chi connectivity index (χ4n) is 1.77. The molecule has 0 saturated carbocycles. The van der Waals surface area contributed by atoms with Crippen LogP contribution in [-0.4, -0.2) is 29.0 Å². The molecule has 0 fully saturated rings. The molecule has 1 rings (SSSR count). The molecule has 0 saturated heterocycles. The number of benzene rings is 1. The normalized spacial score (nSPS) is 14.4. The highest BCUT2D eigenvalue weighted by Crippen LogP contribution is 2.16. The first-order chi connectivity index (χ1) is 9.02. The average Bonchev–Trinajstić information content (AvgIpc) is 2.42. The molecule has 0 bridgehead atoms. The summed E-state index contributed by atoms with van der Waals surface area (Å²) < 4.78 is 5.50. The second kappa shape index (κ2) is 8.10. The molecule has 0 aliphatic carbocycles. The standard InChI is InChI=1S/C16H24O3/c1-12(2)16(18)13(3)15(17)9-10-19-11-14-7-5-4-6-8-14/h4-8,12,15-18H,3,9-11H2,1-2H3/t15-,16-/m1/s1. The number of aliphatic hydroxyl groups excluding tert-OH is 2. The van der Waals surface area contributed by atoms with Crippen molar-refractivity contribution in [2.45, 2.75) is 39.1 Å². The maximum atomic E-state index is 9.89. The minimum Gasteiger partial charge on any atom is -0.389 e. The molecule has 1 aromatic carbocycles. The number of aliphatic hydroxyl groups is 2. The van der Waals surface area contributed by atoms with Gasteiger partial charge >= 0.3 is 0 Å². The summed E-state index contributed by atoms with van der Waals surface area (Å²) in [5.74, 6) is 0.0624. The summed E-state index contributed by atoms with van der Waals surface area (Å²) >= 11 is 0. The molecule has 0 amide bonds. The van der Waals surface area contributed by atoms with Crippen LogP contribution < -0.4 is 0 Å². The first-order valence-corrected chi connectivity index (χ1v) is 6.69. The first kappa shape index (κ1) is 15.9. The zero-order chi connectivity index (χ0) is 14.3. The molecule has 0 heterocycles. The summed E-state index contributed by atoms with van der Waals surface area (Å²) in [6.07, 6.45) is -0.924. The highest BCUT2D eigenvalue weighted by molar-refractivity contribution is 5.13. The van der Waals surface area contributed by atoms with E-state index in [2.05, 4.69) is 6.58 Å². The van der Waals surface area contributed by atoms with Crippen LogP contribution in [0.5, 0.6) is 0 Å². The van der Waals surface area contributed by atoms with Crippen molar-refractivity contribution in [3.63, 3.8) is 0 Å². The molecule has 3 heteroatoms. The Morgan fingerprint density at radius 2 is 1.84 bits per heavy atom. The summed E-state index contributed by atoms with van der Waals surface area (Å²) in [6, 6.07) is 9.89. The Morgan fingerprint density at radius 3 is 2.42 bits per heavy atom. The fourth-order valence-corrected chi connectivity index (χ4v) is 1.77. The van der Waals surface area contributed by atoms with Crippen molar-refractivity contribution in [3.8, 4) is 0 Å². The lowest BCUT2D eigenvalue weighted by molar-refractivity contribution is 0.0676. The molecule has 3 nitrogen and oxygen atoms in total. The monoisotopic (exact) mass is 264 g/mol. The average molecular weight is 264 g/mol. The zero-order valence-corrected chi connectivity index (χ0v) is 11.7. The van der Waals surface area contributed by atoms with Gasteiger partial charge in [0, 0.05) is 13.0 Å². The van der Waals surface area contributed by atoms with Crippen LogP contribution in [0.4, 0.5) is 0 Å². The molecule has 0 unspecified atom stereocenters. The van der Waals surface area contributed by atoms with Crippen LogP contribution in [0.1, 0.15) is 25.8 Å². The minimum absolute atomic E-state index is 0.0624. The Labute approximate surface area is 115 Å². The molecule has 1 aromatic rings. The van der Waals surface area contributed by atoms with E-state index in [0.717, 1.165) is 5.56 Å². The summed E-state index contributed by atoms with van der Waals surface area (Å²) in [5, 5.41) is 19.7. The topological polar surface area (TPSA) is 49.7 Å². The third kappa shape index (κ3) is 5.55. The molecular weight excluding hydrogens is 240 g/mol. The van der Waals surface area contributed by atoms with Gasteiger partial charge in [-0.05, 0) is 17.1 Å². The quantitative estimate of drug-likeness (QED) is 0.560. The van der Waals surface area contributed by atoms with Crippen molar-refractivity contribution >= 4 is 0 Å². The van der Waals surface area contributed by atoms with E-state index in [9.17, 15) is 10.2 Å². The third-order valence-corrected chi connectivity index (χ3v) is 3.09. The van der Waals surface area contributed by atoms with Gasteiger partial charge < -0.3 is 14.9 Å². The van der Waals surface area contributed by atoms with E-state index in [1.807, 2.05) is 44.2 Å². The minimum atomic E-state index is -0.715. The van der Waals surface area contributed by atoms with Gasteiger partial charge in [0.2, 0.25) is 0 Å². The van der Waals surface area contributed by atoms with Crippen LogP contribution in [0.3, 0.4) is 0 Å². The Kier molecular flexibility index (Phi) is 6.78. The molecule has 0 spiro atoms. The molecule has 2 atom stereocenters. The molecular formula is C16H24O3. The highest BCUT2D eigenvalue weighted by atomic mass is 16.5. The number of ether oxygens (including phenoxy) is 1. The molecule has 0 aromatic heterocycles. The molecule has 106 valence electrons. The number of hydrogen-bond donors (Lipinski definition) is 2. The largest absolute Gasteiger partial charge is 0.389 e. The van der Waals surface area contributed by atoms with Gasteiger partial charge in [0.05, 0.1) is 18.8 Å². The van der Waals surface area contributed by atoms with Gasteiger partial charge in [-0.25, -0.2) is 0 Å². The van der Waals surface area contributed by atoms with Crippen molar-refractivity contribution in [2.24, 2.45) is 5.92 Å². The van der Waals surface area contributed by atoms with Crippen molar-refractivity contribution in [3.05, 3.63) is 48.0 Å². The highest BCUT2D eigenvalue weighted by Gasteiger charge is 2.19. The van der Waals surface area contributed by atoms with E-state index in [-0.39, 0.29) is 5.92 Å². The Bertz CT molecular complexity index is 373. The fraction of sp³-hybridized carbons (Fsp3) is 0.500. The SMILES string of the molecule is C=C([C@H](O)CCOCc1ccccc1)[C@H](O)C(C)C. The van der Waals surface area contributed by atoms with Gasteiger partial charge in [-0.15, -0.1) is 0 Å². The summed E-state index contributed by atoms with van der Waals surface area (Å²) in [5.41, 5.74) is 1.58. The lowest BCUT2D eigenvalue weighted by Crippen LogP contribution is -2.26. The molecule has 0 aliphatic rings. The number of rotatable bonds is 8.